The minimum Gasteiger partial charge on any atom is -0.472 e. The average Bonchev–Trinajstić information content (AvgIpc) is 3.22. The molecule has 2 amide bonds. The first-order chi connectivity index (χ1) is 12.6. The number of hydrogen-bond acceptors (Lipinski definition) is 5. The van der Waals surface area contributed by atoms with Crippen molar-refractivity contribution in [1.29, 1.82) is 0 Å². The van der Waals surface area contributed by atoms with Gasteiger partial charge in [-0.15, -0.1) is 0 Å². The van der Waals surface area contributed by atoms with Crippen molar-refractivity contribution in [3.8, 4) is 0 Å². The molecule has 8 heteroatoms. The molecule has 4 rings (SSSR count). The van der Waals surface area contributed by atoms with Crippen LogP contribution in [0.2, 0.25) is 0 Å². The zero-order valence-electron chi connectivity index (χ0n) is 13.9. The van der Waals surface area contributed by atoms with Gasteiger partial charge < -0.3 is 14.2 Å². The number of piperazine rings is 1. The van der Waals surface area contributed by atoms with E-state index in [1.807, 2.05) is 0 Å². The summed E-state index contributed by atoms with van der Waals surface area (Å²) in [6.45, 7) is 1.52. The van der Waals surface area contributed by atoms with Gasteiger partial charge in [0.2, 0.25) is 0 Å². The second-order valence-corrected chi connectivity index (χ2v) is 6.00. The van der Waals surface area contributed by atoms with Crippen LogP contribution in [0, 0.1) is 0 Å². The van der Waals surface area contributed by atoms with E-state index in [4.69, 9.17) is 4.42 Å². The third-order valence-corrected chi connectivity index (χ3v) is 4.47. The van der Waals surface area contributed by atoms with Crippen LogP contribution in [0.3, 0.4) is 0 Å². The molecule has 0 N–H and O–H groups in total. The monoisotopic (exact) mass is 352 g/mol. The smallest absolute Gasteiger partial charge is 0.270 e. The summed E-state index contributed by atoms with van der Waals surface area (Å²) in [6.07, 6.45) is 5.76. The van der Waals surface area contributed by atoms with Gasteiger partial charge >= 0.3 is 0 Å². The SMILES string of the molecule is O=C(c1ccoc1)N1CCN(C(=O)c2cnc3ccccn3c2=O)CC1. The van der Waals surface area contributed by atoms with Gasteiger partial charge in [-0.2, -0.15) is 0 Å². The van der Waals surface area contributed by atoms with Crippen molar-refractivity contribution < 1.29 is 14.0 Å². The molecule has 0 aliphatic carbocycles. The van der Waals surface area contributed by atoms with Crippen LogP contribution in [0.15, 0.2) is 58.4 Å². The minimum atomic E-state index is -0.391. The molecule has 1 saturated heterocycles. The Labute approximate surface area is 148 Å². The Hall–Kier alpha value is -3.42. The van der Waals surface area contributed by atoms with E-state index in [1.54, 1.807) is 40.3 Å². The van der Waals surface area contributed by atoms with Gasteiger partial charge in [-0.05, 0) is 18.2 Å². The summed E-state index contributed by atoms with van der Waals surface area (Å²) in [4.78, 5) is 45.0. The van der Waals surface area contributed by atoms with Gasteiger partial charge in [-0.1, -0.05) is 6.07 Å². The average molecular weight is 352 g/mol. The minimum absolute atomic E-state index is 0.0308. The highest BCUT2D eigenvalue weighted by atomic mass is 16.3. The maximum atomic E-state index is 12.7. The fraction of sp³-hybridized carbons (Fsp3) is 0.222. The summed E-state index contributed by atoms with van der Waals surface area (Å²) in [5.41, 5.74) is 0.618. The predicted octanol–water partition coefficient (Wildman–Crippen LogP) is 0.886. The third-order valence-electron chi connectivity index (χ3n) is 4.47. The molecule has 0 radical (unpaired) electrons. The Kier molecular flexibility index (Phi) is 4.00. The summed E-state index contributed by atoms with van der Waals surface area (Å²) in [6, 6.07) is 6.81. The summed E-state index contributed by atoms with van der Waals surface area (Å²) < 4.78 is 6.29. The number of rotatable bonds is 2. The first-order valence-electron chi connectivity index (χ1n) is 8.22. The third kappa shape index (κ3) is 2.75. The topological polar surface area (TPSA) is 88.1 Å². The van der Waals surface area contributed by atoms with E-state index in [-0.39, 0.29) is 17.4 Å². The number of furan rings is 1. The normalized spacial score (nSPS) is 14.6. The Balaban J connectivity index is 1.50. The predicted molar refractivity (Wildman–Crippen MR) is 92.0 cm³/mol. The van der Waals surface area contributed by atoms with Gasteiger partial charge in [0, 0.05) is 38.6 Å². The fourth-order valence-corrected chi connectivity index (χ4v) is 3.03. The molecule has 8 nitrogen and oxygen atoms in total. The van der Waals surface area contributed by atoms with E-state index in [0.29, 0.717) is 37.4 Å². The Morgan fingerprint density at radius 1 is 1.00 bits per heavy atom. The molecule has 1 aliphatic rings. The molecule has 0 unspecified atom stereocenters. The Morgan fingerprint density at radius 3 is 2.42 bits per heavy atom. The second kappa shape index (κ2) is 6.47. The largest absolute Gasteiger partial charge is 0.472 e. The number of carbonyl (C=O) groups excluding carboxylic acids is 2. The molecule has 3 aromatic rings. The molecule has 1 fully saturated rings. The van der Waals surface area contributed by atoms with E-state index >= 15 is 0 Å². The zero-order chi connectivity index (χ0) is 18.1. The molecule has 3 aromatic heterocycles. The van der Waals surface area contributed by atoms with Crippen LogP contribution >= 0.6 is 0 Å². The Bertz CT molecular complexity index is 1020. The lowest BCUT2D eigenvalue weighted by Gasteiger charge is -2.34. The first-order valence-corrected chi connectivity index (χ1v) is 8.22. The number of amides is 2. The van der Waals surface area contributed by atoms with Crippen LogP contribution < -0.4 is 5.56 Å². The highest BCUT2D eigenvalue weighted by molar-refractivity contribution is 5.95. The summed E-state index contributed by atoms with van der Waals surface area (Å²) in [5, 5.41) is 0. The van der Waals surface area contributed by atoms with Gasteiger partial charge in [-0.3, -0.25) is 18.8 Å². The number of nitrogens with zero attached hydrogens (tertiary/aromatic N) is 4. The highest BCUT2D eigenvalue weighted by Crippen LogP contribution is 2.11. The quantitative estimate of drug-likeness (QED) is 0.683. The van der Waals surface area contributed by atoms with E-state index in [2.05, 4.69) is 4.98 Å². The van der Waals surface area contributed by atoms with Gasteiger partial charge in [0.05, 0.1) is 11.8 Å². The molecule has 132 valence electrons. The molecule has 0 atom stereocenters. The molecule has 4 heterocycles. The molecule has 0 spiro atoms. The summed E-state index contributed by atoms with van der Waals surface area (Å²) in [7, 11) is 0. The maximum absolute atomic E-state index is 12.7. The van der Waals surface area contributed by atoms with Crippen molar-refractivity contribution in [3.05, 3.63) is 70.7 Å². The lowest BCUT2D eigenvalue weighted by molar-refractivity contribution is 0.0533. The van der Waals surface area contributed by atoms with Crippen molar-refractivity contribution in [2.75, 3.05) is 26.2 Å². The number of carbonyl (C=O) groups is 2. The van der Waals surface area contributed by atoms with E-state index in [0.717, 1.165) is 0 Å². The van der Waals surface area contributed by atoms with Crippen LogP contribution in [0.1, 0.15) is 20.7 Å². The van der Waals surface area contributed by atoms with E-state index < -0.39 is 5.56 Å². The number of hydrogen-bond donors (Lipinski definition) is 0. The lowest BCUT2D eigenvalue weighted by atomic mass is 10.2. The highest BCUT2D eigenvalue weighted by Gasteiger charge is 2.27. The van der Waals surface area contributed by atoms with Gasteiger partial charge in [-0.25, -0.2) is 4.98 Å². The van der Waals surface area contributed by atoms with Gasteiger partial charge in [0.15, 0.2) is 0 Å². The summed E-state index contributed by atoms with van der Waals surface area (Å²) in [5.74, 6) is -0.491. The summed E-state index contributed by atoms with van der Waals surface area (Å²) >= 11 is 0. The van der Waals surface area contributed by atoms with E-state index in [9.17, 15) is 14.4 Å². The van der Waals surface area contributed by atoms with Crippen LogP contribution in [0.25, 0.3) is 5.65 Å². The van der Waals surface area contributed by atoms with Crippen molar-refractivity contribution >= 4 is 17.5 Å². The molecule has 1 aliphatic heterocycles. The molecule has 0 bridgehead atoms. The van der Waals surface area contributed by atoms with Gasteiger partial charge in [0.1, 0.15) is 17.5 Å². The standard InChI is InChI=1S/C18H16N4O4/c23-16(13-4-10-26-12-13)20-6-8-21(9-7-20)17(24)14-11-19-15-3-1-2-5-22(15)18(14)25/h1-5,10-12H,6-9H2. The van der Waals surface area contributed by atoms with Crippen LogP contribution in [-0.2, 0) is 0 Å². The van der Waals surface area contributed by atoms with Crippen molar-refractivity contribution in [2.45, 2.75) is 0 Å². The lowest BCUT2D eigenvalue weighted by Crippen LogP contribution is -2.51. The van der Waals surface area contributed by atoms with Crippen LogP contribution in [-0.4, -0.2) is 57.2 Å². The fourth-order valence-electron chi connectivity index (χ4n) is 3.03. The molecule has 0 saturated carbocycles. The van der Waals surface area contributed by atoms with Crippen LogP contribution in [0.5, 0.6) is 0 Å². The van der Waals surface area contributed by atoms with Crippen molar-refractivity contribution in [2.24, 2.45) is 0 Å². The molecular weight excluding hydrogens is 336 g/mol. The number of fused-ring (bicyclic) bond motifs is 1. The molecule has 26 heavy (non-hydrogen) atoms. The first kappa shape index (κ1) is 16.1. The van der Waals surface area contributed by atoms with Crippen molar-refractivity contribution in [1.82, 2.24) is 19.2 Å². The zero-order valence-corrected chi connectivity index (χ0v) is 13.9. The molecule has 0 aromatic carbocycles. The van der Waals surface area contributed by atoms with Crippen molar-refractivity contribution in [3.63, 3.8) is 0 Å². The number of pyridine rings is 1. The van der Waals surface area contributed by atoms with Gasteiger partial charge in [0.25, 0.3) is 17.4 Å². The number of aromatic nitrogens is 2. The Morgan fingerprint density at radius 2 is 1.73 bits per heavy atom. The van der Waals surface area contributed by atoms with Crippen LogP contribution in [0.4, 0.5) is 0 Å². The van der Waals surface area contributed by atoms with E-state index in [1.165, 1.54) is 23.1 Å². The molecular formula is C18H16N4O4. The maximum Gasteiger partial charge on any atom is 0.270 e. The second-order valence-electron chi connectivity index (χ2n) is 6.00.